The van der Waals surface area contributed by atoms with Crippen molar-refractivity contribution in [1.82, 2.24) is 10.2 Å². The summed E-state index contributed by atoms with van der Waals surface area (Å²) < 4.78 is 0. The number of hydrogen-bond acceptors (Lipinski definition) is 4. The molecule has 33 heavy (non-hydrogen) atoms. The topological polar surface area (TPSA) is 47.6 Å². The first kappa shape index (κ1) is 23.5. The normalized spacial score (nSPS) is 14.1. The predicted octanol–water partition coefficient (Wildman–Crippen LogP) is 5.44. The van der Waals surface area contributed by atoms with Crippen LogP contribution in [0.25, 0.3) is 0 Å². The Morgan fingerprint density at radius 1 is 0.848 bits per heavy atom. The van der Waals surface area contributed by atoms with Gasteiger partial charge in [0.25, 0.3) is 5.91 Å². The molecule has 170 valence electrons. The van der Waals surface area contributed by atoms with E-state index in [1.165, 1.54) is 5.56 Å². The number of nitrogens with one attached hydrogen (secondary N) is 2. The number of carbonyl (C=O) groups is 1. The second-order valence-electron chi connectivity index (χ2n) is 7.79. The molecule has 1 fully saturated rings. The maximum Gasteiger partial charge on any atom is 0.258 e. The van der Waals surface area contributed by atoms with Crippen molar-refractivity contribution >= 4 is 57.8 Å². The number of amides is 1. The van der Waals surface area contributed by atoms with Gasteiger partial charge in [-0.1, -0.05) is 53.5 Å². The minimum atomic E-state index is -0.343. The lowest BCUT2D eigenvalue weighted by Gasteiger charge is -2.36. The van der Waals surface area contributed by atoms with E-state index in [1.807, 2.05) is 30.3 Å². The summed E-state index contributed by atoms with van der Waals surface area (Å²) in [5.74, 6) is -0.343. The first-order chi connectivity index (χ1) is 16.0. The monoisotopic (exact) mass is 498 g/mol. The lowest BCUT2D eigenvalue weighted by molar-refractivity contribution is 0.0978. The van der Waals surface area contributed by atoms with Gasteiger partial charge in [0.2, 0.25) is 0 Å². The summed E-state index contributed by atoms with van der Waals surface area (Å²) in [6, 6.07) is 22.9. The Morgan fingerprint density at radius 2 is 1.48 bits per heavy atom. The number of carbonyl (C=O) groups excluding carboxylic acids is 1. The van der Waals surface area contributed by atoms with E-state index in [1.54, 1.807) is 24.3 Å². The van der Waals surface area contributed by atoms with E-state index < -0.39 is 0 Å². The molecule has 0 saturated carbocycles. The van der Waals surface area contributed by atoms with Crippen molar-refractivity contribution in [2.24, 2.45) is 0 Å². The van der Waals surface area contributed by atoms with Crippen LogP contribution >= 0.6 is 35.4 Å². The summed E-state index contributed by atoms with van der Waals surface area (Å²) in [7, 11) is 0. The average molecular weight is 499 g/mol. The van der Waals surface area contributed by atoms with E-state index in [2.05, 4.69) is 38.6 Å². The molecule has 8 heteroatoms. The highest BCUT2D eigenvalue weighted by atomic mass is 35.5. The smallest absolute Gasteiger partial charge is 0.258 e. The Kier molecular flexibility index (Phi) is 7.83. The minimum absolute atomic E-state index is 0.223. The molecule has 0 bridgehead atoms. The summed E-state index contributed by atoms with van der Waals surface area (Å²) in [6.07, 6.45) is 0. The zero-order chi connectivity index (χ0) is 23.2. The summed E-state index contributed by atoms with van der Waals surface area (Å²) in [4.78, 5) is 17.1. The van der Waals surface area contributed by atoms with E-state index in [-0.39, 0.29) is 11.0 Å². The maximum atomic E-state index is 12.3. The molecule has 0 atom stereocenters. The van der Waals surface area contributed by atoms with Crippen molar-refractivity contribution in [1.29, 1.82) is 0 Å². The first-order valence-corrected chi connectivity index (χ1v) is 11.8. The molecule has 0 unspecified atom stereocenters. The van der Waals surface area contributed by atoms with Crippen LogP contribution in [-0.2, 0) is 6.54 Å². The lowest BCUT2D eigenvalue weighted by Crippen LogP contribution is -2.46. The predicted molar refractivity (Wildman–Crippen MR) is 141 cm³/mol. The molecule has 5 nitrogen and oxygen atoms in total. The van der Waals surface area contributed by atoms with Gasteiger partial charge in [-0.05, 0) is 60.2 Å². The molecular formula is C25H24Cl2N4OS. The molecule has 3 aromatic carbocycles. The Morgan fingerprint density at radius 3 is 2.15 bits per heavy atom. The summed E-state index contributed by atoms with van der Waals surface area (Å²) >= 11 is 17.7. The molecule has 1 amide bonds. The molecule has 1 saturated heterocycles. The van der Waals surface area contributed by atoms with E-state index in [4.69, 9.17) is 35.4 Å². The fourth-order valence-electron chi connectivity index (χ4n) is 3.77. The molecule has 0 aromatic heterocycles. The van der Waals surface area contributed by atoms with E-state index >= 15 is 0 Å². The highest BCUT2D eigenvalue weighted by Crippen LogP contribution is 2.22. The van der Waals surface area contributed by atoms with Crippen LogP contribution in [0.2, 0.25) is 10.0 Å². The third-order valence-corrected chi connectivity index (χ3v) is 6.46. The number of halogens is 2. The third-order valence-electron chi connectivity index (χ3n) is 5.56. The zero-order valence-corrected chi connectivity index (χ0v) is 20.3. The number of rotatable bonds is 5. The molecule has 0 spiro atoms. The van der Waals surface area contributed by atoms with Crippen molar-refractivity contribution in [2.45, 2.75) is 6.54 Å². The van der Waals surface area contributed by atoms with Gasteiger partial charge in [-0.2, -0.15) is 0 Å². The van der Waals surface area contributed by atoms with Gasteiger partial charge in [0.1, 0.15) is 0 Å². The second kappa shape index (κ2) is 11.0. The van der Waals surface area contributed by atoms with Crippen molar-refractivity contribution in [3.63, 3.8) is 0 Å². The number of piperazine rings is 1. The molecular weight excluding hydrogens is 475 g/mol. The van der Waals surface area contributed by atoms with Crippen molar-refractivity contribution in [3.8, 4) is 0 Å². The Hall–Kier alpha value is -2.64. The van der Waals surface area contributed by atoms with Gasteiger partial charge in [0.15, 0.2) is 5.11 Å². The Bertz CT molecular complexity index is 1130. The highest BCUT2D eigenvalue weighted by Gasteiger charge is 2.18. The second-order valence-corrected chi connectivity index (χ2v) is 9.01. The van der Waals surface area contributed by atoms with Crippen molar-refractivity contribution in [2.75, 3.05) is 36.4 Å². The zero-order valence-electron chi connectivity index (χ0n) is 17.9. The van der Waals surface area contributed by atoms with Crippen molar-refractivity contribution in [3.05, 3.63) is 94.0 Å². The maximum absolute atomic E-state index is 12.3. The third kappa shape index (κ3) is 6.24. The number of anilines is 2. The summed E-state index contributed by atoms with van der Waals surface area (Å²) in [5.41, 5.74) is 3.51. The number of thiocarbonyl (C=S) groups is 1. The lowest BCUT2D eigenvalue weighted by atomic mass is 10.2. The fourth-order valence-corrected chi connectivity index (χ4v) is 4.39. The fraction of sp³-hybridized carbons (Fsp3) is 0.200. The Labute approximate surface area is 209 Å². The SMILES string of the molecule is O=C(NC(=S)Nc1ccc(N2CCN(Cc3ccccc3Cl)CC2)cc1)c1ccccc1Cl. The Balaban J connectivity index is 1.27. The van der Waals surface area contributed by atoms with Crippen LogP contribution < -0.4 is 15.5 Å². The van der Waals surface area contributed by atoms with Gasteiger partial charge in [0.05, 0.1) is 10.6 Å². The van der Waals surface area contributed by atoms with E-state index in [9.17, 15) is 4.79 Å². The summed E-state index contributed by atoms with van der Waals surface area (Å²) in [6.45, 7) is 4.72. The quantitative estimate of drug-likeness (QED) is 0.458. The number of hydrogen-bond donors (Lipinski definition) is 2. The van der Waals surface area contributed by atoms with Crippen LogP contribution in [0.5, 0.6) is 0 Å². The van der Waals surface area contributed by atoms with Crippen LogP contribution in [0.4, 0.5) is 11.4 Å². The van der Waals surface area contributed by atoms with E-state index in [0.29, 0.717) is 10.6 Å². The number of nitrogens with zero attached hydrogens (tertiary/aromatic N) is 2. The van der Waals surface area contributed by atoms with Gasteiger partial charge in [-0.15, -0.1) is 0 Å². The molecule has 1 aliphatic rings. The first-order valence-electron chi connectivity index (χ1n) is 10.7. The van der Waals surface area contributed by atoms with E-state index in [0.717, 1.165) is 49.1 Å². The molecule has 1 aliphatic heterocycles. The summed E-state index contributed by atoms with van der Waals surface area (Å²) in [5, 5.41) is 7.14. The van der Waals surface area contributed by atoms with Crippen LogP contribution in [-0.4, -0.2) is 42.1 Å². The van der Waals surface area contributed by atoms with Crippen molar-refractivity contribution < 1.29 is 4.79 Å². The van der Waals surface area contributed by atoms with Gasteiger partial charge in [-0.3, -0.25) is 15.0 Å². The molecule has 4 rings (SSSR count). The van der Waals surface area contributed by atoms with Crippen LogP contribution in [0.3, 0.4) is 0 Å². The average Bonchev–Trinajstić information content (AvgIpc) is 2.82. The van der Waals surface area contributed by atoms with Gasteiger partial charge in [0, 0.05) is 49.1 Å². The molecule has 2 N–H and O–H groups in total. The van der Waals surface area contributed by atoms with Crippen LogP contribution in [0.15, 0.2) is 72.8 Å². The molecule has 1 heterocycles. The standard InChI is InChI=1S/C25H24Cl2N4OS/c26-22-7-3-1-5-18(22)17-30-13-15-31(16-14-30)20-11-9-19(10-12-20)28-25(33)29-24(32)21-6-2-4-8-23(21)27/h1-12H,13-17H2,(H2,28,29,32,33). The molecule has 0 radical (unpaired) electrons. The molecule has 3 aromatic rings. The minimum Gasteiger partial charge on any atom is -0.369 e. The van der Waals surface area contributed by atoms with Gasteiger partial charge >= 0.3 is 0 Å². The van der Waals surface area contributed by atoms with Crippen LogP contribution in [0, 0.1) is 0 Å². The van der Waals surface area contributed by atoms with Gasteiger partial charge < -0.3 is 10.2 Å². The van der Waals surface area contributed by atoms with Gasteiger partial charge in [-0.25, -0.2) is 0 Å². The largest absolute Gasteiger partial charge is 0.369 e. The number of benzene rings is 3. The van der Waals surface area contributed by atoms with Crippen LogP contribution in [0.1, 0.15) is 15.9 Å². The molecule has 0 aliphatic carbocycles. The highest BCUT2D eigenvalue weighted by molar-refractivity contribution is 7.80.